The normalized spacial score (nSPS) is 12.5. The third kappa shape index (κ3) is 4.08. The smallest absolute Gasteiger partial charge is 0.133 e. The molecule has 0 fully saturated rings. The number of methoxy groups -OCH3 is 1. The van der Waals surface area contributed by atoms with E-state index < -0.39 is 0 Å². The van der Waals surface area contributed by atoms with Crippen molar-refractivity contribution in [1.29, 1.82) is 0 Å². The Hall–Kier alpha value is -1.32. The van der Waals surface area contributed by atoms with E-state index in [1.54, 1.807) is 7.11 Å². The van der Waals surface area contributed by atoms with Crippen LogP contribution in [-0.4, -0.2) is 7.11 Å². The summed E-state index contributed by atoms with van der Waals surface area (Å²) in [5.41, 5.74) is 9.97. The number of hydrogen-bond acceptors (Lipinski definition) is 2. The van der Waals surface area contributed by atoms with Crippen LogP contribution in [0.2, 0.25) is 0 Å². The highest BCUT2D eigenvalue weighted by atomic mass is 79.9. The van der Waals surface area contributed by atoms with Crippen LogP contribution in [0.25, 0.3) is 0 Å². The van der Waals surface area contributed by atoms with E-state index in [2.05, 4.69) is 54.0 Å². The minimum Gasteiger partial charge on any atom is -0.496 e. The molecule has 0 amide bonds. The van der Waals surface area contributed by atoms with Gasteiger partial charge >= 0.3 is 0 Å². The van der Waals surface area contributed by atoms with Crippen LogP contribution in [0.3, 0.4) is 0 Å². The van der Waals surface area contributed by atoms with E-state index in [0.717, 1.165) is 27.8 Å². The van der Waals surface area contributed by atoms with Crippen molar-refractivity contribution in [2.75, 3.05) is 7.11 Å². The lowest BCUT2D eigenvalue weighted by Crippen LogP contribution is -2.12. The third-order valence-corrected chi connectivity index (χ3v) is 4.11. The van der Waals surface area contributed by atoms with Crippen LogP contribution in [0.4, 0.5) is 0 Å². The molecule has 0 radical (unpaired) electrons. The van der Waals surface area contributed by atoms with Gasteiger partial charge in [0.2, 0.25) is 0 Å². The zero-order valence-corrected chi connectivity index (χ0v) is 14.4. The molecule has 0 heterocycles. The Morgan fingerprint density at radius 1 is 1.10 bits per heavy atom. The second kappa shape index (κ2) is 7.10. The van der Waals surface area contributed by atoms with Gasteiger partial charge in [-0.15, -0.1) is 0 Å². The molecule has 0 aliphatic rings. The van der Waals surface area contributed by atoms with Crippen molar-refractivity contribution in [1.82, 2.24) is 0 Å². The third-order valence-electron chi connectivity index (χ3n) is 3.49. The van der Waals surface area contributed by atoms with Crippen LogP contribution in [-0.2, 0) is 6.42 Å². The Bertz CT molecular complexity index is 610. The van der Waals surface area contributed by atoms with Gasteiger partial charge in [0, 0.05) is 0 Å². The van der Waals surface area contributed by atoms with Gasteiger partial charge in [-0.25, -0.2) is 0 Å². The zero-order valence-electron chi connectivity index (χ0n) is 12.8. The van der Waals surface area contributed by atoms with Crippen molar-refractivity contribution in [3.63, 3.8) is 0 Å². The Kier molecular flexibility index (Phi) is 5.43. The molecule has 3 heteroatoms. The molecule has 2 N–H and O–H groups in total. The molecule has 0 saturated carbocycles. The van der Waals surface area contributed by atoms with E-state index in [-0.39, 0.29) is 6.04 Å². The maximum atomic E-state index is 6.41. The molecule has 0 aliphatic carbocycles. The highest BCUT2D eigenvalue weighted by Crippen LogP contribution is 2.30. The van der Waals surface area contributed by atoms with Crippen molar-refractivity contribution in [2.45, 2.75) is 26.3 Å². The van der Waals surface area contributed by atoms with E-state index in [1.165, 1.54) is 5.56 Å². The van der Waals surface area contributed by atoms with Crippen molar-refractivity contribution >= 4 is 15.9 Å². The minimum absolute atomic E-state index is 0.126. The first-order valence-corrected chi connectivity index (χ1v) is 7.98. The molecule has 1 unspecified atom stereocenters. The highest BCUT2D eigenvalue weighted by Gasteiger charge is 2.12. The van der Waals surface area contributed by atoms with E-state index in [1.807, 2.05) is 18.2 Å². The molecule has 21 heavy (non-hydrogen) atoms. The molecule has 2 aromatic carbocycles. The Balaban J connectivity index is 2.27. The average molecular weight is 348 g/mol. The fourth-order valence-electron chi connectivity index (χ4n) is 2.45. The number of nitrogens with two attached hydrogens (primary N) is 1. The van der Waals surface area contributed by atoms with Gasteiger partial charge < -0.3 is 10.5 Å². The molecule has 0 aromatic heterocycles. The van der Waals surface area contributed by atoms with Gasteiger partial charge in [-0.2, -0.15) is 0 Å². The van der Waals surface area contributed by atoms with Crippen LogP contribution in [0.15, 0.2) is 46.9 Å². The standard InChI is InChI=1S/C18H22BrNO/c1-12(2)9-13-5-4-6-14(10-13)18(20)15-7-8-17(21-3)16(19)11-15/h4-8,10-12,18H,9,20H2,1-3H3. The minimum atomic E-state index is -0.126. The summed E-state index contributed by atoms with van der Waals surface area (Å²) in [7, 11) is 1.66. The number of rotatable bonds is 5. The van der Waals surface area contributed by atoms with Gasteiger partial charge in [-0.05, 0) is 57.1 Å². The molecule has 0 bridgehead atoms. The maximum absolute atomic E-state index is 6.41. The first kappa shape index (κ1) is 16.1. The molecular formula is C18H22BrNO. The largest absolute Gasteiger partial charge is 0.496 e. The van der Waals surface area contributed by atoms with Crippen LogP contribution in [0.1, 0.15) is 36.6 Å². The predicted octanol–water partition coefficient (Wildman–Crippen LogP) is 4.70. The topological polar surface area (TPSA) is 35.2 Å². The molecule has 2 rings (SSSR count). The van der Waals surface area contributed by atoms with Crippen molar-refractivity contribution < 1.29 is 4.74 Å². The molecular weight excluding hydrogens is 326 g/mol. The van der Waals surface area contributed by atoms with Crippen LogP contribution < -0.4 is 10.5 Å². The lowest BCUT2D eigenvalue weighted by Gasteiger charge is -2.16. The molecule has 1 atom stereocenters. The lowest BCUT2D eigenvalue weighted by molar-refractivity contribution is 0.412. The van der Waals surface area contributed by atoms with Crippen molar-refractivity contribution in [3.05, 3.63) is 63.6 Å². The van der Waals surface area contributed by atoms with Gasteiger partial charge in [0.25, 0.3) is 0 Å². The quantitative estimate of drug-likeness (QED) is 0.850. The summed E-state index contributed by atoms with van der Waals surface area (Å²) < 4.78 is 6.19. The fourth-order valence-corrected chi connectivity index (χ4v) is 3.01. The number of benzene rings is 2. The Labute approximate surface area is 135 Å². The number of ether oxygens (including phenoxy) is 1. The average Bonchev–Trinajstić information content (AvgIpc) is 2.46. The summed E-state index contributed by atoms with van der Waals surface area (Å²) in [6.07, 6.45) is 1.08. The van der Waals surface area contributed by atoms with Gasteiger partial charge in [0.05, 0.1) is 17.6 Å². The van der Waals surface area contributed by atoms with Crippen molar-refractivity contribution in [3.8, 4) is 5.75 Å². The summed E-state index contributed by atoms with van der Waals surface area (Å²) in [4.78, 5) is 0. The second-order valence-corrected chi connectivity index (χ2v) is 6.57. The van der Waals surface area contributed by atoms with E-state index in [4.69, 9.17) is 10.5 Å². The van der Waals surface area contributed by atoms with Gasteiger partial charge in [0.1, 0.15) is 5.75 Å². The van der Waals surface area contributed by atoms with Crippen LogP contribution in [0, 0.1) is 5.92 Å². The van der Waals surface area contributed by atoms with Gasteiger partial charge in [0.15, 0.2) is 0 Å². The summed E-state index contributed by atoms with van der Waals surface area (Å²) in [6, 6.07) is 14.4. The monoisotopic (exact) mass is 347 g/mol. The lowest BCUT2D eigenvalue weighted by atomic mass is 9.95. The Morgan fingerprint density at radius 3 is 2.43 bits per heavy atom. The van der Waals surface area contributed by atoms with Crippen molar-refractivity contribution in [2.24, 2.45) is 11.7 Å². The number of halogens is 1. The molecule has 2 aromatic rings. The van der Waals surface area contributed by atoms with Crippen LogP contribution >= 0.6 is 15.9 Å². The highest BCUT2D eigenvalue weighted by molar-refractivity contribution is 9.10. The SMILES string of the molecule is COc1ccc(C(N)c2cccc(CC(C)C)c2)cc1Br. The number of hydrogen-bond donors (Lipinski definition) is 1. The first-order valence-electron chi connectivity index (χ1n) is 7.19. The Morgan fingerprint density at radius 2 is 1.81 bits per heavy atom. The molecule has 2 nitrogen and oxygen atoms in total. The van der Waals surface area contributed by atoms with Crippen LogP contribution in [0.5, 0.6) is 5.75 Å². The maximum Gasteiger partial charge on any atom is 0.133 e. The van der Waals surface area contributed by atoms with E-state index in [9.17, 15) is 0 Å². The predicted molar refractivity (Wildman–Crippen MR) is 91.7 cm³/mol. The first-order chi connectivity index (χ1) is 10.0. The summed E-state index contributed by atoms with van der Waals surface area (Å²) in [5.74, 6) is 1.46. The molecule has 0 spiro atoms. The van der Waals surface area contributed by atoms with E-state index >= 15 is 0 Å². The molecule has 112 valence electrons. The summed E-state index contributed by atoms with van der Waals surface area (Å²) >= 11 is 3.51. The second-order valence-electron chi connectivity index (χ2n) is 5.71. The molecule has 0 saturated heterocycles. The molecule has 0 aliphatic heterocycles. The summed E-state index contributed by atoms with van der Waals surface area (Å²) in [5, 5.41) is 0. The van der Waals surface area contributed by atoms with E-state index in [0.29, 0.717) is 5.92 Å². The zero-order chi connectivity index (χ0) is 15.4. The van der Waals surface area contributed by atoms with Gasteiger partial charge in [-0.1, -0.05) is 44.2 Å². The van der Waals surface area contributed by atoms with Gasteiger partial charge in [-0.3, -0.25) is 0 Å². The fraction of sp³-hybridized carbons (Fsp3) is 0.333. The summed E-state index contributed by atoms with van der Waals surface area (Å²) in [6.45, 7) is 4.46.